The van der Waals surface area contributed by atoms with Crippen LogP contribution in [0.25, 0.3) is 0 Å². The molecule has 4 nitrogen and oxygen atoms in total. The molecular formula is C14H17ClN4S. The van der Waals surface area contributed by atoms with Crippen molar-refractivity contribution in [1.29, 1.82) is 0 Å². The highest BCUT2D eigenvalue weighted by Crippen LogP contribution is 2.20. The molecule has 0 amide bonds. The van der Waals surface area contributed by atoms with Crippen LogP contribution in [0.2, 0.25) is 5.02 Å². The maximum atomic E-state index is 5.90. The van der Waals surface area contributed by atoms with Crippen LogP contribution in [0.5, 0.6) is 0 Å². The third kappa shape index (κ3) is 3.16. The highest BCUT2D eigenvalue weighted by Gasteiger charge is 2.21. The standard InChI is InChI=1S/C14H17ClN4S/c1-18-6-8-19(9-7-18)14-17-16-13(10-20-14)11-2-4-12(15)5-3-11/h2-5H,6-10H2,1H3. The second-order valence-electron chi connectivity index (χ2n) is 5.02. The topological polar surface area (TPSA) is 31.2 Å². The number of benzene rings is 1. The molecule has 0 atom stereocenters. The molecule has 1 aromatic rings. The van der Waals surface area contributed by atoms with Crippen LogP contribution in [0.3, 0.4) is 0 Å². The first-order valence-electron chi connectivity index (χ1n) is 6.69. The number of thioether (sulfide) groups is 1. The van der Waals surface area contributed by atoms with Crippen LogP contribution in [-0.4, -0.2) is 59.7 Å². The summed E-state index contributed by atoms with van der Waals surface area (Å²) in [4.78, 5) is 4.67. The number of hydrogen-bond donors (Lipinski definition) is 0. The lowest BCUT2D eigenvalue weighted by Crippen LogP contribution is -2.46. The smallest absolute Gasteiger partial charge is 0.186 e. The summed E-state index contributed by atoms with van der Waals surface area (Å²) < 4.78 is 0. The largest absolute Gasteiger partial charge is 0.347 e. The number of hydrogen-bond acceptors (Lipinski definition) is 5. The minimum atomic E-state index is 0.749. The van der Waals surface area contributed by atoms with Crippen LogP contribution in [-0.2, 0) is 0 Å². The van der Waals surface area contributed by atoms with E-state index in [2.05, 4.69) is 27.1 Å². The molecule has 0 radical (unpaired) electrons. The fourth-order valence-corrected chi connectivity index (χ4v) is 3.31. The highest BCUT2D eigenvalue weighted by atomic mass is 35.5. The van der Waals surface area contributed by atoms with Gasteiger partial charge in [-0.1, -0.05) is 35.5 Å². The lowest BCUT2D eigenvalue weighted by atomic mass is 10.1. The van der Waals surface area contributed by atoms with E-state index in [-0.39, 0.29) is 0 Å². The van der Waals surface area contributed by atoms with Crippen LogP contribution in [0.1, 0.15) is 5.56 Å². The second kappa shape index (κ2) is 6.16. The number of halogens is 1. The van der Waals surface area contributed by atoms with Gasteiger partial charge in [0.2, 0.25) is 0 Å². The maximum absolute atomic E-state index is 5.90. The average Bonchev–Trinajstić information content (AvgIpc) is 2.49. The van der Waals surface area contributed by atoms with Gasteiger partial charge in [0.15, 0.2) is 5.17 Å². The van der Waals surface area contributed by atoms with E-state index in [4.69, 9.17) is 11.6 Å². The summed E-state index contributed by atoms with van der Waals surface area (Å²) in [5.74, 6) is 0.868. The Kier molecular flexibility index (Phi) is 4.29. The number of likely N-dealkylation sites (N-methyl/N-ethyl adjacent to an activating group) is 1. The van der Waals surface area contributed by atoms with Gasteiger partial charge in [0.25, 0.3) is 0 Å². The van der Waals surface area contributed by atoms with Crippen molar-refractivity contribution >= 4 is 34.2 Å². The fraction of sp³-hybridized carbons (Fsp3) is 0.429. The van der Waals surface area contributed by atoms with Gasteiger partial charge in [-0.05, 0) is 24.7 Å². The van der Waals surface area contributed by atoms with E-state index in [0.29, 0.717) is 0 Å². The Morgan fingerprint density at radius 1 is 1.05 bits per heavy atom. The normalized spacial score (nSPS) is 20.6. The maximum Gasteiger partial charge on any atom is 0.186 e. The van der Waals surface area contributed by atoms with Crippen LogP contribution >= 0.6 is 23.4 Å². The van der Waals surface area contributed by atoms with E-state index in [1.807, 2.05) is 24.3 Å². The summed E-state index contributed by atoms with van der Waals surface area (Å²) in [6.07, 6.45) is 0. The molecule has 1 aromatic carbocycles. The minimum absolute atomic E-state index is 0.749. The predicted molar refractivity (Wildman–Crippen MR) is 87.0 cm³/mol. The van der Waals surface area contributed by atoms with Gasteiger partial charge in [-0.25, -0.2) is 0 Å². The molecule has 6 heteroatoms. The first kappa shape index (κ1) is 13.9. The van der Waals surface area contributed by atoms with Crippen molar-refractivity contribution in [2.24, 2.45) is 10.2 Å². The third-order valence-corrected chi connectivity index (χ3v) is 4.81. The number of amidine groups is 1. The molecule has 0 N–H and O–H groups in total. The van der Waals surface area contributed by atoms with Gasteiger partial charge < -0.3 is 9.80 Å². The van der Waals surface area contributed by atoms with Crippen molar-refractivity contribution in [3.63, 3.8) is 0 Å². The van der Waals surface area contributed by atoms with E-state index in [1.165, 1.54) is 0 Å². The van der Waals surface area contributed by atoms with Gasteiger partial charge in [0, 0.05) is 37.0 Å². The molecule has 20 heavy (non-hydrogen) atoms. The van der Waals surface area contributed by atoms with Crippen molar-refractivity contribution in [3.8, 4) is 0 Å². The SMILES string of the molecule is CN1CCN(C2=NN=C(c3ccc(Cl)cc3)CS2)CC1. The summed E-state index contributed by atoms with van der Waals surface area (Å²) in [6.45, 7) is 4.25. The zero-order valence-electron chi connectivity index (χ0n) is 11.4. The molecule has 0 aliphatic carbocycles. The first-order chi connectivity index (χ1) is 9.72. The van der Waals surface area contributed by atoms with Crippen molar-refractivity contribution in [3.05, 3.63) is 34.9 Å². The highest BCUT2D eigenvalue weighted by molar-refractivity contribution is 8.14. The van der Waals surface area contributed by atoms with Gasteiger partial charge in [-0.15, -0.1) is 5.10 Å². The molecule has 0 spiro atoms. The fourth-order valence-electron chi connectivity index (χ4n) is 2.23. The molecule has 106 valence electrons. The van der Waals surface area contributed by atoms with Gasteiger partial charge >= 0.3 is 0 Å². The van der Waals surface area contributed by atoms with Crippen molar-refractivity contribution < 1.29 is 0 Å². The summed E-state index contributed by atoms with van der Waals surface area (Å²) in [5, 5.41) is 10.6. The van der Waals surface area contributed by atoms with E-state index in [9.17, 15) is 0 Å². The molecule has 2 heterocycles. The molecule has 2 aliphatic heterocycles. The van der Waals surface area contributed by atoms with Crippen molar-refractivity contribution in [1.82, 2.24) is 9.80 Å². The molecule has 1 fully saturated rings. The summed E-state index contributed by atoms with van der Waals surface area (Å²) in [7, 11) is 2.16. The molecule has 2 aliphatic rings. The van der Waals surface area contributed by atoms with Crippen molar-refractivity contribution in [2.45, 2.75) is 0 Å². The lowest BCUT2D eigenvalue weighted by Gasteiger charge is -2.34. The second-order valence-corrected chi connectivity index (χ2v) is 6.39. The number of nitrogens with zero attached hydrogens (tertiary/aromatic N) is 4. The van der Waals surface area contributed by atoms with Gasteiger partial charge in [-0.3, -0.25) is 0 Å². The van der Waals surface area contributed by atoms with Gasteiger partial charge in [-0.2, -0.15) is 5.10 Å². The Morgan fingerprint density at radius 3 is 2.35 bits per heavy atom. The molecule has 0 saturated carbocycles. The van der Waals surface area contributed by atoms with E-state index >= 15 is 0 Å². The summed E-state index contributed by atoms with van der Waals surface area (Å²) in [6, 6.07) is 7.78. The summed E-state index contributed by atoms with van der Waals surface area (Å²) in [5.41, 5.74) is 2.12. The minimum Gasteiger partial charge on any atom is -0.347 e. The average molecular weight is 309 g/mol. The van der Waals surface area contributed by atoms with E-state index < -0.39 is 0 Å². The van der Waals surface area contributed by atoms with Crippen LogP contribution < -0.4 is 0 Å². The Hall–Kier alpha value is -1.04. The van der Waals surface area contributed by atoms with Gasteiger partial charge in [0.05, 0.1) is 5.71 Å². The molecule has 0 bridgehead atoms. The molecule has 0 aromatic heterocycles. The third-order valence-electron chi connectivity index (χ3n) is 3.55. The zero-order chi connectivity index (χ0) is 13.9. The quantitative estimate of drug-likeness (QED) is 0.798. The number of piperazine rings is 1. The van der Waals surface area contributed by atoms with Crippen LogP contribution in [0, 0.1) is 0 Å². The first-order valence-corrected chi connectivity index (χ1v) is 8.05. The summed E-state index contributed by atoms with van der Waals surface area (Å²) >= 11 is 7.68. The predicted octanol–water partition coefficient (Wildman–Crippen LogP) is 2.39. The zero-order valence-corrected chi connectivity index (χ0v) is 13.0. The van der Waals surface area contributed by atoms with Gasteiger partial charge in [0.1, 0.15) is 0 Å². The molecular weight excluding hydrogens is 292 g/mol. The van der Waals surface area contributed by atoms with E-state index in [0.717, 1.165) is 53.4 Å². The molecule has 1 saturated heterocycles. The van der Waals surface area contributed by atoms with Crippen LogP contribution in [0.4, 0.5) is 0 Å². The Balaban J connectivity index is 1.71. The molecule has 3 rings (SSSR count). The number of rotatable bonds is 1. The Morgan fingerprint density at radius 2 is 1.75 bits per heavy atom. The molecule has 0 unspecified atom stereocenters. The van der Waals surface area contributed by atoms with Crippen LogP contribution in [0.15, 0.2) is 34.5 Å². The van der Waals surface area contributed by atoms with Crippen molar-refractivity contribution in [2.75, 3.05) is 39.0 Å². The lowest BCUT2D eigenvalue weighted by molar-refractivity contribution is 0.218. The monoisotopic (exact) mass is 308 g/mol. The Bertz CT molecular complexity index is 533. The van der Waals surface area contributed by atoms with E-state index in [1.54, 1.807) is 11.8 Å². The Labute approximate surface area is 128 Å².